The average molecular weight is 297 g/mol. The molecule has 0 atom stereocenters. The van der Waals surface area contributed by atoms with Gasteiger partial charge >= 0.3 is 0 Å². The highest BCUT2D eigenvalue weighted by molar-refractivity contribution is 5.75. The van der Waals surface area contributed by atoms with Gasteiger partial charge in [0.15, 0.2) is 0 Å². The number of ketones is 1. The second-order valence-corrected chi connectivity index (χ2v) is 6.22. The third kappa shape index (κ3) is 7.95. The van der Waals surface area contributed by atoms with E-state index in [9.17, 15) is 4.79 Å². The second-order valence-electron chi connectivity index (χ2n) is 6.22. The Labute approximate surface area is 129 Å². The molecule has 122 valence electrons. The van der Waals surface area contributed by atoms with Crippen molar-refractivity contribution in [2.75, 3.05) is 6.61 Å². The van der Waals surface area contributed by atoms with E-state index in [1.54, 1.807) is 13.1 Å². The summed E-state index contributed by atoms with van der Waals surface area (Å²) in [5.41, 5.74) is -0.378. The van der Waals surface area contributed by atoms with Crippen LogP contribution in [0.5, 0.6) is 0 Å². The van der Waals surface area contributed by atoms with Crippen LogP contribution in [0.1, 0.15) is 67.7 Å². The minimum absolute atomic E-state index is 0.118. The van der Waals surface area contributed by atoms with Crippen LogP contribution in [0.25, 0.3) is 0 Å². The number of nitrogens with zero attached hydrogens (tertiary/aromatic N) is 3. The fourth-order valence-corrected chi connectivity index (χ4v) is 1.77. The number of ether oxygens (including phenoxy) is 1. The molecule has 0 saturated heterocycles. The number of Topliss-reactive ketones (excluding diaryl/α,β-unsaturated/α-hetero) is 1. The van der Waals surface area contributed by atoms with E-state index in [0.717, 1.165) is 12.8 Å². The smallest absolute Gasteiger partial charge is 0.129 e. The van der Waals surface area contributed by atoms with E-state index in [1.807, 2.05) is 38.6 Å². The molecule has 0 fully saturated rings. The van der Waals surface area contributed by atoms with E-state index in [2.05, 4.69) is 24.2 Å². The summed E-state index contributed by atoms with van der Waals surface area (Å²) in [4.78, 5) is 11.0. The minimum atomic E-state index is -0.260. The van der Waals surface area contributed by atoms with Gasteiger partial charge in [-0.25, -0.2) is 4.68 Å². The van der Waals surface area contributed by atoms with Crippen LogP contribution in [-0.2, 0) is 15.1 Å². The Bertz CT molecular complexity index is 398. The third-order valence-corrected chi connectivity index (χ3v) is 3.33. The van der Waals surface area contributed by atoms with E-state index < -0.39 is 0 Å². The molecule has 0 spiro atoms. The van der Waals surface area contributed by atoms with Crippen molar-refractivity contribution in [2.24, 2.45) is 0 Å². The second kappa shape index (κ2) is 8.93. The monoisotopic (exact) mass is 297 g/mol. The molecule has 0 unspecified atom stereocenters. The summed E-state index contributed by atoms with van der Waals surface area (Å²) in [6, 6.07) is 0. The van der Waals surface area contributed by atoms with Gasteiger partial charge in [-0.05, 0) is 47.5 Å². The number of carbonyl (C=O) groups is 1. The first kappa shape index (κ1) is 19.8. The molecule has 0 aliphatic heterocycles. The zero-order valence-electron chi connectivity index (χ0n) is 14.6. The molecule has 0 saturated carbocycles. The van der Waals surface area contributed by atoms with Crippen molar-refractivity contribution in [2.45, 2.75) is 78.9 Å². The van der Waals surface area contributed by atoms with Crippen LogP contribution in [0.2, 0.25) is 0 Å². The Hall–Kier alpha value is -1.23. The summed E-state index contributed by atoms with van der Waals surface area (Å²) in [5.74, 6) is 0.208. The van der Waals surface area contributed by atoms with Gasteiger partial charge in [0.2, 0.25) is 0 Å². The van der Waals surface area contributed by atoms with Crippen LogP contribution in [0.3, 0.4) is 0 Å². The number of carbonyl (C=O) groups excluding carboxylic acids is 1. The van der Waals surface area contributed by atoms with Gasteiger partial charge in [0.1, 0.15) is 5.78 Å². The quantitative estimate of drug-likeness (QED) is 0.735. The molecule has 1 heterocycles. The summed E-state index contributed by atoms with van der Waals surface area (Å²) >= 11 is 0. The molecular weight excluding hydrogens is 266 g/mol. The maximum absolute atomic E-state index is 11.0. The number of hydrogen-bond donors (Lipinski definition) is 0. The molecule has 0 aliphatic rings. The first-order valence-corrected chi connectivity index (χ1v) is 7.73. The number of rotatable bonds is 8. The Balaban J connectivity index is 0.00000191. The van der Waals surface area contributed by atoms with Crippen molar-refractivity contribution in [1.29, 1.82) is 0 Å². The Kier molecular flexibility index (Phi) is 8.40. The van der Waals surface area contributed by atoms with Gasteiger partial charge in [-0.3, -0.25) is 0 Å². The van der Waals surface area contributed by atoms with Crippen LogP contribution >= 0.6 is 0 Å². The zero-order chi connectivity index (χ0) is 16.5. The number of aromatic nitrogens is 3. The van der Waals surface area contributed by atoms with E-state index in [4.69, 9.17) is 4.74 Å². The molecule has 5 heteroatoms. The van der Waals surface area contributed by atoms with E-state index >= 15 is 0 Å². The lowest BCUT2D eigenvalue weighted by atomic mass is 9.99. The molecule has 0 amide bonds. The lowest BCUT2D eigenvalue weighted by molar-refractivity contribution is -0.119. The molecule has 0 N–H and O–H groups in total. The summed E-state index contributed by atoms with van der Waals surface area (Å²) in [7, 11) is 0. The Morgan fingerprint density at radius 3 is 2.29 bits per heavy atom. The van der Waals surface area contributed by atoms with Gasteiger partial charge in [0.25, 0.3) is 0 Å². The van der Waals surface area contributed by atoms with E-state index in [-0.39, 0.29) is 16.9 Å². The van der Waals surface area contributed by atoms with Gasteiger partial charge in [-0.1, -0.05) is 19.1 Å². The lowest BCUT2D eigenvalue weighted by Gasteiger charge is -2.29. The minimum Gasteiger partial charge on any atom is -0.375 e. The largest absolute Gasteiger partial charge is 0.375 e. The molecular formula is C16H31N3O2. The van der Waals surface area contributed by atoms with Gasteiger partial charge in [-0.15, -0.1) is 5.10 Å². The fraction of sp³-hybridized carbons (Fsp3) is 0.812. The first-order valence-electron chi connectivity index (χ1n) is 7.73. The molecule has 0 aromatic carbocycles. The molecule has 1 aromatic rings. The van der Waals surface area contributed by atoms with Gasteiger partial charge in [0.05, 0.1) is 17.3 Å². The zero-order valence-corrected chi connectivity index (χ0v) is 14.6. The summed E-state index contributed by atoms with van der Waals surface area (Å²) in [6.07, 6.45) is 5.71. The van der Waals surface area contributed by atoms with E-state index in [1.165, 1.54) is 0 Å². The SMILES string of the molecule is CC.CC(=O)CCC(C)(C)OCCC(C)(C)n1ccnn1. The molecule has 0 radical (unpaired) electrons. The van der Waals surface area contributed by atoms with Crippen LogP contribution in [0, 0.1) is 0 Å². The highest BCUT2D eigenvalue weighted by Gasteiger charge is 2.24. The van der Waals surface area contributed by atoms with Crippen LogP contribution < -0.4 is 0 Å². The predicted octanol–water partition coefficient (Wildman–Crippen LogP) is 3.59. The highest BCUT2D eigenvalue weighted by Crippen LogP contribution is 2.22. The molecule has 1 aromatic heterocycles. The summed E-state index contributed by atoms with van der Waals surface area (Å²) in [6.45, 7) is 14.5. The van der Waals surface area contributed by atoms with Crippen molar-refractivity contribution in [1.82, 2.24) is 15.0 Å². The van der Waals surface area contributed by atoms with Crippen molar-refractivity contribution in [3.05, 3.63) is 12.4 Å². The molecule has 21 heavy (non-hydrogen) atoms. The normalized spacial score (nSPS) is 11.8. The first-order chi connectivity index (χ1) is 9.73. The van der Waals surface area contributed by atoms with Crippen LogP contribution in [0.15, 0.2) is 12.4 Å². The van der Waals surface area contributed by atoms with Gasteiger partial charge < -0.3 is 9.53 Å². The van der Waals surface area contributed by atoms with Crippen molar-refractivity contribution in [3.63, 3.8) is 0 Å². The lowest BCUT2D eigenvalue weighted by Crippen LogP contribution is -2.32. The van der Waals surface area contributed by atoms with Gasteiger partial charge in [-0.2, -0.15) is 0 Å². The highest BCUT2D eigenvalue weighted by atomic mass is 16.5. The molecule has 5 nitrogen and oxygen atoms in total. The number of hydrogen-bond acceptors (Lipinski definition) is 4. The summed E-state index contributed by atoms with van der Waals surface area (Å²) in [5, 5.41) is 7.86. The molecule has 0 bridgehead atoms. The summed E-state index contributed by atoms with van der Waals surface area (Å²) < 4.78 is 7.75. The third-order valence-electron chi connectivity index (χ3n) is 3.33. The van der Waals surface area contributed by atoms with Gasteiger partial charge in [0, 0.05) is 19.2 Å². The fourth-order valence-electron chi connectivity index (χ4n) is 1.77. The van der Waals surface area contributed by atoms with Crippen LogP contribution in [0.4, 0.5) is 0 Å². The Morgan fingerprint density at radius 2 is 1.81 bits per heavy atom. The predicted molar refractivity (Wildman–Crippen MR) is 85.3 cm³/mol. The maximum atomic E-state index is 11.0. The molecule has 0 aliphatic carbocycles. The van der Waals surface area contributed by atoms with E-state index in [0.29, 0.717) is 13.0 Å². The average Bonchev–Trinajstić information content (AvgIpc) is 2.93. The maximum Gasteiger partial charge on any atom is 0.129 e. The molecule has 1 rings (SSSR count). The Morgan fingerprint density at radius 1 is 1.19 bits per heavy atom. The van der Waals surface area contributed by atoms with Crippen molar-refractivity contribution >= 4 is 5.78 Å². The van der Waals surface area contributed by atoms with Crippen molar-refractivity contribution in [3.8, 4) is 0 Å². The topological polar surface area (TPSA) is 57.0 Å². The standard InChI is InChI=1S/C14H25N3O2.C2H6/c1-12(18)6-7-14(4,5)19-11-8-13(2,3)17-10-9-15-16-17;1-2/h9-10H,6-8,11H2,1-5H3;1-2H3. The van der Waals surface area contributed by atoms with Crippen LogP contribution in [-0.4, -0.2) is 33.0 Å². The van der Waals surface area contributed by atoms with Crippen molar-refractivity contribution < 1.29 is 9.53 Å².